The second kappa shape index (κ2) is 5.43. The van der Waals surface area contributed by atoms with Crippen LogP contribution < -0.4 is 5.32 Å². The zero-order chi connectivity index (χ0) is 11.4. The van der Waals surface area contributed by atoms with Crippen molar-refractivity contribution in [1.82, 2.24) is 5.32 Å². The Morgan fingerprint density at radius 3 is 3.06 bits per heavy atom. The molecule has 0 spiro atoms. The summed E-state index contributed by atoms with van der Waals surface area (Å²) in [4.78, 5) is 0. The fourth-order valence-electron chi connectivity index (χ4n) is 2.26. The van der Waals surface area contributed by atoms with Crippen LogP contribution in [-0.4, -0.2) is 33.4 Å². The second-order valence-electron chi connectivity index (χ2n) is 4.09. The van der Waals surface area contributed by atoms with Crippen LogP contribution in [-0.2, 0) is 15.9 Å². The molecule has 16 heavy (non-hydrogen) atoms. The molecule has 0 radical (unpaired) electrons. The Labute approximate surface area is 96.8 Å². The third-order valence-corrected chi connectivity index (χ3v) is 3.11. The molecule has 1 N–H and O–H groups in total. The molecule has 2 rings (SSSR count). The number of methoxy groups -OCH3 is 1. The first-order chi connectivity index (χ1) is 7.86. The molecule has 1 heterocycles. The van der Waals surface area contributed by atoms with Crippen molar-refractivity contribution < 1.29 is 9.47 Å². The normalized spacial score (nSPS) is 21.5. The molecule has 3 heteroatoms. The molecule has 1 aromatic carbocycles. The fraction of sp³-hybridized carbons (Fsp3) is 0.538. The van der Waals surface area contributed by atoms with Gasteiger partial charge < -0.3 is 14.8 Å². The molecule has 0 amide bonds. The molecule has 0 bridgehead atoms. The van der Waals surface area contributed by atoms with Gasteiger partial charge in [-0.3, -0.25) is 0 Å². The predicted molar refractivity (Wildman–Crippen MR) is 63.6 cm³/mol. The van der Waals surface area contributed by atoms with E-state index in [2.05, 4.69) is 29.6 Å². The Kier molecular flexibility index (Phi) is 3.93. The maximum atomic E-state index is 5.87. The highest BCUT2D eigenvalue weighted by Crippen LogP contribution is 2.29. The highest BCUT2D eigenvalue weighted by Gasteiger charge is 2.27. The van der Waals surface area contributed by atoms with Crippen LogP contribution in [0.15, 0.2) is 24.3 Å². The lowest BCUT2D eigenvalue weighted by Crippen LogP contribution is -2.39. The van der Waals surface area contributed by atoms with Crippen molar-refractivity contribution in [2.75, 3.05) is 27.4 Å². The quantitative estimate of drug-likeness (QED) is 0.836. The third kappa shape index (κ3) is 2.26. The van der Waals surface area contributed by atoms with Crippen LogP contribution in [0.25, 0.3) is 0 Å². The van der Waals surface area contributed by atoms with Crippen molar-refractivity contribution in [2.24, 2.45) is 0 Å². The maximum absolute atomic E-state index is 5.87. The summed E-state index contributed by atoms with van der Waals surface area (Å²) in [6.07, 6.45) is 1.12. The molecule has 1 aliphatic heterocycles. The van der Waals surface area contributed by atoms with Crippen LogP contribution in [0.5, 0.6) is 0 Å². The van der Waals surface area contributed by atoms with Gasteiger partial charge in [-0.2, -0.15) is 0 Å². The minimum atomic E-state index is 0.106. The first-order valence-corrected chi connectivity index (χ1v) is 5.72. The number of benzene rings is 1. The molecule has 3 nitrogen and oxygen atoms in total. The molecule has 88 valence electrons. The molecular formula is C13H19NO2. The summed E-state index contributed by atoms with van der Waals surface area (Å²) in [7, 11) is 3.67. The van der Waals surface area contributed by atoms with Crippen molar-refractivity contribution in [1.29, 1.82) is 0 Å². The number of fused-ring (bicyclic) bond motifs is 1. The van der Waals surface area contributed by atoms with Crippen molar-refractivity contribution in [2.45, 2.75) is 18.6 Å². The molecule has 2 unspecified atom stereocenters. The zero-order valence-electron chi connectivity index (χ0n) is 9.90. The molecule has 1 aromatic rings. The van der Waals surface area contributed by atoms with Gasteiger partial charge in [-0.15, -0.1) is 0 Å². The van der Waals surface area contributed by atoms with Crippen LogP contribution in [0.1, 0.15) is 17.2 Å². The van der Waals surface area contributed by atoms with Gasteiger partial charge in [-0.25, -0.2) is 0 Å². The van der Waals surface area contributed by atoms with E-state index in [9.17, 15) is 0 Å². The van der Waals surface area contributed by atoms with Gasteiger partial charge in [0.15, 0.2) is 0 Å². The van der Waals surface area contributed by atoms with E-state index in [-0.39, 0.29) is 12.1 Å². The Hall–Kier alpha value is -0.900. The van der Waals surface area contributed by atoms with Crippen LogP contribution in [0.4, 0.5) is 0 Å². The van der Waals surface area contributed by atoms with E-state index in [1.807, 2.05) is 7.05 Å². The molecular weight excluding hydrogens is 202 g/mol. The molecule has 1 aliphatic rings. The van der Waals surface area contributed by atoms with E-state index in [0.29, 0.717) is 6.61 Å². The number of hydrogen-bond acceptors (Lipinski definition) is 3. The standard InChI is InChI=1S/C13H19NO2/c1-14-12(9-15-2)13-11-6-4-3-5-10(11)7-8-16-13/h3-6,12-14H,7-9H2,1-2H3. The first kappa shape index (κ1) is 11.6. The monoisotopic (exact) mass is 221 g/mol. The lowest BCUT2D eigenvalue weighted by atomic mass is 9.93. The first-order valence-electron chi connectivity index (χ1n) is 5.72. The summed E-state index contributed by atoms with van der Waals surface area (Å²) in [6.45, 7) is 1.46. The highest BCUT2D eigenvalue weighted by atomic mass is 16.5. The van der Waals surface area contributed by atoms with E-state index < -0.39 is 0 Å². The molecule has 0 saturated heterocycles. The van der Waals surface area contributed by atoms with Crippen molar-refractivity contribution in [3.63, 3.8) is 0 Å². The van der Waals surface area contributed by atoms with Gasteiger partial charge in [-0.1, -0.05) is 24.3 Å². The molecule has 0 fully saturated rings. The second-order valence-corrected chi connectivity index (χ2v) is 4.09. The minimum absolute atomic E-state index is 0.106. The number of ether oxygens (including phenoxy) is 2. The number of likely N-dealkylation sites (N-methyl/N-ethyl adjacent to an activating group) is 1. The lowest BCUT2D eigenvalue weighted by Gasteiger charge is -2.32. The topological polar surface area (TPSA) is 30.5 Å². The number of nitrogens with one attached hydrogen (secondary N) is 1. The van der Waals surface area contributed by atoms with Gasteiger partial charge in [0.1, 0.15) is 6.10 Å². The molecule has 0 aliphatic carbocycles. The Morgan fingerprint density at radius 1 is 1.50 bits per heavy atom. The fourth-order valence-corrected chi connectivity index (χ4v) is 2.26. The van der Waals surface area contributed by atoms with Crippen LogP contribution in [0, 0.1) is 0 Å². The SMILES string of the molecule is CNC(COC)C1OCCc2ccccc21. The minimum Gasteiger partial charge on any atom is -0.383 e. The Morgan fingerprint density at radius 2 is 2.31 bits per heavy atom. The van der Waals surface area contributed by atoms with E-state index in [0.717, 1.165) is 13.0 Å². The Balaban J connectivity index is 2.23. The van der Waals surface area contributed by atoms with Crippen LogP contribution >= 0.6 is 0 Å². The van der Waals surface area contributed by atoms with E-state index in [4.69, 9.17) is 9.47 Å². The molecule has 0 saturated carbocycles. The average Bonchev–Trinajstić information content (AvgIpc) is 2.35. The smallest absolute Gasteiger partial charge is 0.100 e. The van der Waals surface area contributed by atoms with Crippen LogP contribution in [0.3, 0.4) is 0 Å². The summed E-state index contributed by atoms with van der Waals surface area (Å²) >= 11 is 0. The zero-order valence-corrected chi connectivity index (χ0v) is 9.90. The third-order valence-electron chi connectivity index (χ3n) is 3.11. The number of rotatable bonds is 4. The lowest BCUT2D eigenvalue weighted by molar-refractivity contribution is -0.00405. The predicted octanol–water partition coefficient (Wildman–Crippen LogP) is 1.53. The summed E-state index contributed by atoms with van der Waals surface area (Å²) in [5, 5.41) is 3.26. The van der Waals surface area contributed by atoms with E-state index in [1.165, 1.54) is 11.1 Å². The van der Waals surface area contributed by atoms with Gasteiger partial charge in [0.05, 0.1) is 19.3 Å². The van der Waals surface area contributed by atoms with Crippen molar-refractivity contribution >= 4 is 0 Å². The maximum Gasteiger partial charge on any atom is 0.100 e. The van der Waals surface area contributed by atoms with Gasteiger partial charge in [0, 0.05) is 7.11 Å². The number of hydrogen-bond donors (Lipinski definition) is 1. The van der Waals surface area contributed by atoms with Gasteiger partial charge in [0.25, 0.3) is 0 Å². The van der Waals surface area contributed by atoms with Crippen molar-refractivity contribution in [3.8, 4) is 0 Å². The van der Waals surface area contributed by atoms with Crippen molar-refractivity contribution in [3.05, 3.63) is 35.4 Å². The van der Waals surface area contributed by atoms with E-state index >= 15 is 0 Å². The van der Waals surface area contributed by atoms with Crippen LogP contribution in [0.2, 0.25) is 0 Å². The van der Waals surface area contributed by atoms with Gasteiger partial charge in [-0.05, 0) is 24.6 Å². The largest absolute Gasteiger partial charge is 0.383 e. The summed E-state index contributed by atoms with van der Waals surface area (Å²) in [5.74, 6) is 0. The molecule has 0 aromatic heterocycles. The summed E-state index contributed by atoms with van der Waals surface area (Å²) < 4.78 is 11.1. The summed E-state index contributed by atoms with van der Waals surface area (Å²) in [6, 6.07) is 8.71. The summed E-state index contributed by atoms with van der Waals surface area (Å²) in [5.41, 5.74) is 2.69. The highest BCUT2D eigenvalue weighted by molar-refractivity contribution is 5.31. The van der Waals surface area contributed by atoms with Gasteiger partial charge in [0.2, 0.25) is 0 Å². The van der Waals surface area contributed by atoms with Gasteiger partial charge >= 0.3 is 0 Å². The average molecular weight is 221 g/mol. The molecule has 2 atom stereocenters. The van der Waals surface area contributed by atoms with E-state index in [1.54, 1.807) is 7.11 Å². The Bertz CT molecular complexity index is 340.